The second kappa shape index (κ2) is 6.56. The molecule has 0 aromatic carbocycles. The largest absolute Gasteiger partial charge is 0.417 e. The summed E-state index contributed by atoms with van der Waals surface area (Å²) in [6, 6.07) is 0.638. The molecule has 0 aliphatic carbocycles. The summed E-state index contributed by atoms with van der Waals surface area (Å²) < 4.78 is 44.8. The van der Waals surface area contributed by atoms with Gasteiger partial charge in [0.1, 0.15) is 18.2 Å². The first kappa shape index (κ1) is 17.0. The molecular weight excluding hydrogens is 347 g/mol. The third-order valence-corrected chi connectivity index (χ3v) is 3.96. The number of hydrogen-bond acceptors (Lipinski definition) is 5. The van der Waals surface area contributed by atoms with Crippen molar-refractivity contribution in [3.8, 4) is 0 Å². The molecule has 1 unspecified atom stereocenters. The molecule has 0 radical (unpaired) electrons. The van der Waals surface area contributed by atoms with E-state index in [-0.39, 0.29) is 16.9 Å². The standard InChI is InChI=1S/C14H15ClF3N5O/c1-24-7-11-21-13-10(3-2-4-23(13)22-11)20-12-9(15)5-8(6-19-12)14(16,17)18/h5-6,10H,2-4,7H2,1H3,(H,19,20). The number of methoxy groups -OCH3 is 1. The Bertz CT molecular complexity index is 734. The summed E-state index contributed by atoms with van der Waals surface area (Å²) in [5, 5.41) is 7.32. The van der Waals surface area contributed by atoms with Crippen molar-refractivity contribution in [1.29, 1.82) is 0 Å². The van der Waals surface area contributed by atoms with E-state index in [0.717, 1.165) is 31.6 Å². The van der Waals surface area contributed by atoms with Gasteiger partial charge >= 0.3 is 6.18 Å². The summed E-state index contributed by atoms with van der Waals surface area (Å²) in [5.41, 5.74) is -0.882. The van der Waals surface area contributed by atoms with Crippen LogP contribution in [0.5, 0.6) is 0 Å². The number of rotatable bonds is 4. The molecule has 1 aliphatic heterocycles. The summed E-state index contributed by atoms with van der Waals surface area (Å²) in [7, 11) is 1.56. The maximum Gasteiger partial charge on any atom is 0.417 e. The lowest BCUT2D eigenvalue weighted by atomic mass is 10.1. The Kier molecular flexibility index (Phi) is 4.64. The van der Waals surface area contributed by atoms with E-state index in [4.69, 9.17) is 16.3 Å². The number of ether oxygens (including phenoxy) is 1. The van der Waals surface area contributed by atoms with Gasteiger partial charge in [0.2, 0.25) is 0 Å². The van der Waals surface area contributed by atoms with Crippen LogP contribution in [0.4, 0.5) is 19.0 Å². The van der Waals surface area contributed by atoms with Gasteiger partial charge in [0.25, 0.3) is 0 Å². The van der Waals surface area contributed by atoms with E-state index in [1.165, 1.54) is 0 Å². The Labute approximate surface area is 141 Å². The lowest BCUT2D eigenvalue weighted by Gasteiger charge is -2.24. The Balaban J connectivity index is 1.83. The van der Waals surface area contributed by atoms with Crippen LogP contribution in [0.1, 0.15) is 36.1 Å². The van der Waals surface area contributed by atoms with Crippen LogP contribution in [0.25, 0.3) is 0 Å². The Hall–Kier alpha value is -1.87. The molecule has 3 heterocycles. The van der Waals surface area contributed by atoms with E-state index >= 15 is 0 Å². The van der Waals surface area contributed by atoms with E-state index in [1.807, 2.05) is 0 Å². The van der Waals surface area contributed by atoms with Crippen molar-refractivity contribution >= 4 is 17.4 Å². The lowest BCUT2D eigenvalue weighted by molar-refractivity contribution is -0.137. The fraction of sp³-hybridized carbons (Fsp3) is 0.500. The number of aromatic nitrogens is 4. The predicted octanol–water partition coefficient (Wildman–Crippen LogP) is 3.44. The van der Waals surface area contributed by atoms with Crippen LogP contribution >= 0.6 is 11.6 Å². The molecular formula is C14H15ClF3N5O. The number of pyridine rings is 1. The molecule has 2 aromatic heterocycles. The van der Waals surface area contributed by atoms with E-state index < -0.39 is 11.7 Å². The van der Waals surface area contributed by atoms with Gasteiger partial charge in [-0.2, -0.15) is 18.3 Å². The second-order valence-corrected chi connectivity index (χ2v) is 5.84. The van der Waals surface area contributed by atoms with E-state index in [2.05, 4.69) is 20.4 Å². The number of alkyl halides is 3. The third-order valence-electron chi connectivity index (χ3n) is 3.67. The van der Waals surface area contributed by atoms with Crippen molar-refractivity contribution in [2.45, 2.75) is 38.2 Å². The van der Waals surface area contributed by atoms with Gasteiger partial charge in [-0.15, -0.1) is 0 Å². The molecule has 0 saturated carbocycles. The Morgan fingerprint density at radius 1 is 1.46 bits per heavy atom. The van der Waals surface area contributed by atoms with Gasteiger partial charge < -0.3 is 10.1 Å². The molecule has 0 spiro atoms. The highest BCUT2D eigenvalue weighted by atomic mass is 35.5. The first-order valence-electron chi connectivity index (χ1n) is 7.30. The topological polar surface area (TPSA) is 64.9 Å². The summed E-state index contributed by atoms with van der Waals surface area (Å²) in [6.45, 7) is 1.03. The molecule has 24 heavy (non-hydrogen) atoms. The van der Waals surface area contributed by atoms with Crippen LogP contribution in [0.2, 0.25) is 5.02 Å². The number of hydrogen-bond donors (Lipinski definition) is 1. The van der Waals surface area contributed by atoms with Crippen LogP contribution < -0.4 is 5.32 Å². The lowest BCUT2D eigenvalue weighted by Crippen LogP contribution is -2.23. The number of fused-ring (bicyclic) bond motifs is 1. The SMILES string of the molecule is COCc1nc2n(n1)CCCC2Nc1ncc(C(F)(F)F)cc1Cl. The van der Waals surface area contributed by atoms with Crippen LogP contribution in [-0.4, -0.2) is 26.9 Å². The molecule has 1 aliphatic rings. The van der Waals surface area contributed by atoms with Crippen molar-refractivity contribution in [2.75, 3.05) is 12.4 Å². The van der Waals surface area contributed by atoms with Gasteiger partial charge in [-0.25, -0.2) is 14.6 Å². The zero-order chi connectivity index (χ0) is 17.3. The summed E-state index contributed by atoms with van der Waals surface area (Å²) in [4.78, 5) is 8.23. The Morgan fingerprint density at radius 2 is 2.25 bits per heavy atom. The van der Waals surface area contributed by atoms with Gasteiger partial charge in [-0.05, 0) is 18.9 Å². The fourth-order valence-corrected chi connectivity index (χ4v) is 2.81. The Morgan fingerprint density at radius 3 is 2.92 bits per heavy atom. The van der Waals surface area contributed by atoms with Gasteiger partial charge in [0.15, 0.2) is 5.82 Å². The van der Waals surface area contributed by atoms with Crippen LogP contribution in [0.15, 0.2) is 12.3 Å². The number of anilines is 1. The quantitative estimate of drug-likeness (QED) is 0.903. The minimum Gasteiger partial charge on any atom is -0.377 e. The molecule has 0 fully saturated rings. The van der Waals surface area contributed by atoms with Gasteiger partial charge in [-0.1, -0.05) is 11.6 Å². The molecule has 6 nitrogen and oxygen atoms in total. The molecule has 0 saturated heterocycles. The molecule has 0 bridgehead atoms. The summed E-state index contributed by atoms with van der Waals surface area (Å²) in [6.07, 6.45) is -2.10. The maximum absolute atomic E-state index is 12.7. The number of aryl methyl sites for hydroxylation is 1. The highest BCUT2D eigenvalue weighted by molar-refractivity contribution is 6.33. The average molecular weight is 362 g/mol. The van der Waals surface area contributed by atoms with Crippen molar-refractivity contribution in [3.05, 3.63) is 34.5 Å². The molecule has 0 amide bonds. The summed E-state index contributed by atoms with van der Waals surface area (Å²) in [5.74, 6) is 1.46. The number of nitrogens with one attached hydrogen (secondary N) is 1. The minimum atomic E-state index is -4.48. The average Bonchev–Trinajstić information content (AvgIpc) is 2.92. The first-order chi connectivity index (χ1) is 11.4. The fourth-order valence-electron chi connectivity index (χ4n) is 2.59. The van der Waals surface area contributed by atoms with Crippen molar-refractivity contribution in [2.24, 2.45) is 0 Å². The monoisotopic (exact) mass is 361 g/mol. The van der Waals surface area contributed by atoms with E-state index in [1.54, 1.807) is 11.8 Å². The highest BCUT2D eigenvalue weighted by Gasteiger charge is 2.32. The zero-order valence-corrected chi connectivity index (χ0v) is 13.5. The molecule has 10 heteroatoms. The van der Waals surface area contributed by atoms with Gasteiger partial charge in [0.05, 0.1) is 16.6 Å². The second-order valence-electron chi connectivity index (χ2n) is 5.43. The molecule has 3 rings (SSSR count). The van der Waals surface area contributed by atoms with Crippen molar-refractivity contribution < 1.29 is 17.9 Å². The molecule has 2 aromatic rings. The third kappa shape index (κ3) is 3.46. The van der Waals surface area contributed by atoms with Crippen LogP contribution in [0.3, 0.4) is 0 Å². The first-order valence-corrected chi connectivity index (χ1v) is 7.68. The predicted molar refractivity (Wildman–Crippen MR) is 80.6 cm³/mol. The maximum atomic E-state index is 12.7. The van der Waals surface area contributed by atoms with Crippen LogP contribution in [0, 0.1) is 0 Å². The van der Waals surface area contributed by atoms with E-state index in [0.29, 0.717) is 18.3 Å². The van der Waals surface area contributed by atoms with Gasteiger partial charge in [0, 0.05) is 19.9 Å². The summed E-state index contributed by atoms with van der Waals surface area (Å²) >= 11 is 5.95. The molecule has 1 atom stereocenters. The molecule has 1 N–H and O–H groups in total. The molecule has 130 valence electrons. The van der Waals surface area contributed by atoms with Crippen LogP contribution in [-0.2, 0) is 24.1 Å². The zero-order valence-electron chi connectivity index (χ0n) is 12.8. The van der Waals surface area contributed by atoms with E-state index in [9.17, 15) is 13.2 Å². The number of nitrogens with zero attached hydrogens (tertiary/aromatic N) is 4. The highest BCUT2D eigenvalue weighted by Crippen LogP contribution is 2.34. The normalized spacial score (nSPS) is 17.6. The van der Waals surface area contributed by atoms with Crippen molar-refractivity contribution in [3.63, 3.8) is 0 Å². The number of halogens is 4. The van der Waals surface area contributed by atoms with Gasteiger partial charge in [-0.3, -0.25) is 0 Å². The van der Waals surface area contributed by atoms with Crippen molar-refractivity contribution in [1.82, 2.24) is 19.7 Å². The minimum absolute atomic E-state index is 0.0846. The smallest absolute Gasteiger partial charge is 0.377 e.